The quantitative estimate of drug-likeness (QED) is 0.436. The van der Waals surface area contributed by atoms with Crippen LogP contribution in [-0.4, -0.2) is 38.9 Å². The molecule has 2 radical (unpaired) electrons. The highest BCUT2D eigenvalue weighted by Gasteiger charge is 2.00. The second kappa shape index (κ2) is 6.20. The minimum absolute atomic E-state index is 0. The molecule has 0 aliphatic carbocycles. The Morgan fingerprint density at radius 2 is 1.75 bits per heavy atom. The van der Waals surface area contributed by atoms with Crippen LogP contribution in [0.3, 0.4) is 0 Å². The highest BCUT2D eigenvalue weighted by atomic mass is 31.2. The average Bonchev–Trinajstić information content (AvgIpc) is 1.27. The van der Waals surface area contributed by atoms with E-state index in [1.165, 1.54) is 0 Å². The molecule has 0 unspecified atom stereocenters. The third-order valence-electron chi connectivity index (χ3n) is 0.305. The predicted octanol–water partition coefficient (Wildman–Crippen LogP) is 0.242. The van der Waals surface area contributed by atoms with Crippen LogP contribution in [0.4, 0.5) is 0 Å². The second-order valence-corrected chi connectivity index (χ2v) is 2.12. The van der Waals surface area contributed by atoms with Crippen LogP contribution in [-0.2, 0) is 4.52 Å². The molecule has 0 fully saturated rings. The molecule has 5 heteroatoms. The molecule has 0 amide bonds. The Morgan fingerprint density at radius 3 is 1.75 bits per heavy atom. The van der Waals surface area contributed by atoms with E-state index in [1.807, 2.05) is 0 Å². The van der Waals surface area contributed by atoms with Gasteiger partial charge in [-0.05, 0) is 13.8 Å². The van der Waals surface area contributed by atoms with Gasteiger partial charge in [-0.1, -0.05) is 0 Å². The van der Waals surface area contributed by atoms with Gasteiger partial charge in [-0.25, -0.2) is 0 Å². The first-order valence-electron chi connectivity index (χ1n) is 1.97. The first kappa shape index (κ1) is 11.8. The van der Waals surface area contributed by atoms with Crippen molar-refractivity contribution in [1.29, 1.82) is 0 Å². The monoisotopic (exact) mass is 148 g/mol. The highest BCUT2D eigenvalue weighted by molar-refractivity contribution is 7.39. The molecule has 0 spiro atoms. The van der Waals surface area contributed by atoms with Crippen LogP contribution in [0, 0.1) is 0 Å². The molecular weight excluding hydrogens is 139 g/mol. The van der Waals surface area contributed by atoms with E-state index >= 15 is 0 Å². The van der Waals surface area contributed by atoms with Gasteiger partial charge in [0.05, 0.1) is 6.10 Å². The Hall–Kier alpha value is 1.08. The first-order chi connectivity index (χ1) is 3.13. The normalized spacial score (nSPS) is 9.75. The lowest BCUT2D eigenvalue weighted by molar-refractivity contribution is 0.201. The zero-order valence-electron chi connectivity index (χ0n) is 5.03. The summed E-state index contributed by atoms with van der Waals surface area (Å²) in [7, 11) is -2.14. The Labute approximate surface area is 66.2 Å². The molecule has 0 aliphatic heterocycles. The molecule has 0 aromatic carbocycles. The number of rotatable bonds is 2. The molecule has 0 bridgehead atoms. The topological polar surface area (TPSA) is 49.7 Å². The zero-order chi connectivity index (χ0) is 5.86. The van der Waals surface area contributed by atoms with Crippen molar-refractivity contribution in [2.24, 2.45) is 0 Å². The summed E-state index contributed by atoms with van der Waals surface area (Å²) in [5.41, 5.74) is 0. The minimum atomic E-state index is -2.14. The fraction of sp³-hybridized carbons (Fsp3) is 1.00. The van der Waals surface area contributed by atoms with E-state index in [4.69, 9.17) is 9.79 Å². The van der Waals surface area contributed by atoms with Crippen LogP contribution in [0.1, 0.15) is 13.8 Å². The van der Waals surface area contributed by atoms with Gasteiger partial charge in [-0.2, -0.15) is 0 Å². The summed E-state index contributed by atoms with van der Waals surface area (Å²) in [5, 5.41) is 0. The van der Waals surface area contributed by atoms with Crippen molar-refractivity contribution < 1.29 is 14.3 Å². The summed E-state index contributed by atoms with van der Waals surface area (Å²) in [6, 6.07) is 0. The Morgan fingerprint density at radius 1 is 1.38 bits per heavy atom. The van der Waals surface area contributed by atoms with Gasteiger partial charge in [0.25, 0.3) is 0 Å². The van der Waals surface area contributed by atoms with E-state index < -0.39 is 8.60 Å². The summed E-state index contributed by atoms with van der Waals surface area (Å²) < 4.78 is 4.43. The van der Waals surface area contributed by atoms with Gasteiger partial charge in [0.2, 0.25) is 0 Å². The molecule has 0 aliphatic rings. The molecule has 46 valence electrons. The van der Waals surface area contributed by atoms with Gasteiger partial charge in [0.15, 0.2) is 0 Å². The SMILES string of the molecule is CC(C)OP(O)O.[Mg]. The van der Waals surface area contributed by atoms with Crippen LogP contribution in [0.5, 0.6) is 0 Å². The molecule has 3 nitrogen and oxygen atoms in total. The van der Waals surface area contributed by atoms with Crippen LogP contribution >= 0.6 is 8.60 Å². The Balaban J connectivity index is 0. The van der Waals surface area contributed by atoms with Crippen LogP contribution < -0.4 is 0 Å². The van der Waals surface area contributed by atoms with Crippen molar-refractivity contribution in [2.45, 2.75) is 20.0 Å². The van der Waals surface area contributed by atoms with Crippen LogP contribution in [0.15, 0.2) is 0 Å². The fourth-order valence-electron chi connectivity index (χ4n) is 0.189. The van der Waals surface area contributed by atoms with Crippen LogP contribution in [0.2, 0.25) is 0 Å². The minimum Gasteiger partial charge on any atom is -0.328 e. The molecule has 2 N–H and O–H groups in total. The van der Waals surface area contributed by atoms with Crippen molar-refractivity contribution in [1.82, 2.24) is 0 Å². The Bertz CT molecular complexity index is 43.8. The van der Waals surface area contributed by atoms with Gasteiger partial charge in [0, 0.05) is 23.1 Å². The van der Waals surface area contributed by atoms with E-state index in [2.05, 4.69) is 4.52 Å². The Kier molecular flexibility index (Phi) is 9.16. The molecule has 0 heterocycles. The molecule has 0 aromatic rings. The van der Waals surface area contributed by atoms with Gasteiger partial charge in [0.1, 0.15) is 0 Å². The van der Waals surface area contributed by atoms with E-state index in [1.54, 1.807) is 13.8 Å². The summed E-state index contributed by atoms with van der Waals surface area (Å²) in [4.78, 5) is 16.2. The summed E-state index contributed by atoms with van der Waals surface area (Å²) in [5.74, 6) is 0. The van der Waals surface area contributed by atoms with Crippen molar-refractivity contribution >= 4 is 31.7 Å². The van der Waals surface area contributed by atoms with Gasteiger partial charge in [-0.3, -0.25) is 0 Å². The van der Waals surface area contributed by atoms with E-state index in [-0.39, 0.29) is 29.2 Å². The van der Waals surface area contributed by atoms with Gasteiger partial charge >= 0.3 is 8.60 Å². The summed E-state index contributed by atoms with van der Waals surface area (Å²) in [6.45, 7) is 3.48. The molecule has 0 atom stereocenters. The lowest BCUT2D eigenvalue weighted by Gasteiger charge is -2.04. The highest BCUT2D eigenvalue weighted by Crippen LogP contribution is 2.25. The first-order valence-corrected chi connectivity index (χ1v) is 3.14. The molecule has 8 heavy (non-hydrogen) atoms. The number of hydrogen-bond donors (Lipinski definition) is 2. The maximum Gasteiger partial charge on any atom is 0.327 e. The zero-order valence-corrected chi connectivity index (χ0v) is 7.34. The molecule has 0 rings (SSSR count). The molecule has 0 saturated carbocycles. The van der Waals surface area contributed by atoms with E-state index in [9.17, 15) is 0 Å². The molecular formula is C3H9MgO3P. The maximum absolute atomic E-state index is 8.12. The molecule has 0 aromatic heterocycles. The smallest absolute Gasteiger partial charge is 0.327 e. The third-order valence-corrected chi connectivity index (χ3v) is 0.915. The largest absolute Gasteiger partial charge is 0.328 e. The third kappa shape index (κ3) is 10.1. The van der Waals surface area contributed by atoms with Crippen molar-refractivity contribution in [3.05, 3.63) is 0 Å². The van der Waals surface area contributed by atoms with Gasteiger partial charge in [-0.15, -0.1) is 0 Å². The summed E-state index contributed by atoms with van der Waals surface area (Å²) in [6.07, 6.45) is -0.0962. The predicted molar refractivity (Wildman–Crippen MR) is 33.3 cm³/mol. The van der Waals surface area contributed by atoms with E-state index in [0.29, 0.717) is 0 Å². The second-order valence-electron chi connectivity index (χ2n) is 1.41. The lowest BCUT2D eigenvalue weighted by Crippen LogP contribution is -1.95. The van der Waals surface area contributed by atoms with Crippen LogP contribution in [0.25, 0.3) is 0 Å². The van der Waals surface area contributed by atoms with Crippen molar-refractivity contribution in [2.75, 3.05) is 0 Å². The maximum atomic E-state index is 8.12. The average molecular weight is 148 g/mol. The standard InChI is InChI=1S/C3H9O3P.Mg/c1-3(2)6-7(4)5;/h3-5H,1-2H3;. The van der Waals surface area contributed by atoms with Crippen molar-refractivity contribution in [3.8, 4) is 0 Å². The van der Waals surface area contributed by atoms with E-state index in [0.717, 1.165) is 0 Å². The molecule has 0 saturated heterocycles. The summed E-state index contributed by atoms with van der Waals surface area (Å²) >= 11 is 0. The fourth-order valence-corrected chi connectivity index (χ4v) is 0.566. The lowest BCUT2D eigenvalue weighted by atomic mass is 10.5. The number of hydrogen-bond acceptors (Lipinski definition) is 3. The van der Waals surface area contributed by atoms with Gasteiger partial charge < -0.3 is 14.3 Å². The van der Waals surface area contributed by atoms with Crippen molar-refractivity contribution in [3.63, 3.8) is 0 Å².